The van der Waals surface area contributed by atoms with Crippen molar-refractivity contribution in [1.82, 2.24) is 15.2 Å². The van der Waals surface area contributed by atoms with Crippen molar-refractivity contribution in [3.8, 4) is 16.9 Å². The fourth-order valence-corrected chi connectivity index (χ4v) is 3.33. The molecule has 170 valence electrons. The highest BCUT2D eigenvalue weighted by atomic mass is 35.5. The molecule has 2 N–H and O–H groups in total. The van der Waals surface area contributed by atoms with Gasteiger partial charge in [-0.1, -0.05) is 35.9 Å². The van der Waals surface area contributed by atoms with E-state index in [4.69, 9.17) is 11.6 Å². The number of hydrogen-bond donors (Lipinski definition) is 2. The molecule has 0 fully saturated rings. The summed E-state index contributed by atoms with van der Waals surface area (Å²) in [7, 11) is 0. The molecule has 0 aliphatic carbocycles. The first-order valence-electron chi connectivity index (χ1n) is 10.2. The Morgan fingerprint density at radius 3 is 2.47 bits per heavy atom. The molecule has 0 radical (unpaired) electrons. The summed E-state index contributed by atoms with van der Waals surface area (Å²) < 4.78 is 15.0. The number of hydrazone groups is 1. The van der Waals surface area contributed by atoms with E-state index < -0.39 is 11.8 Å². The fourth-order valence-electron chi connectivity index (χ4n) is 3.16. The van der Waals surface area contributed by atoms with E-state index in [9.17, 15) is 14.0 Å². The monoisotopic (exact) mass is 475 g/mol. The third-order valence-corrected chi connectivity index (χ3v) is 5.38. The predicted octanol–water partition coefficient (Wildman–Crippen LogP) is 4.73. The molecule has 4 aromatic rings. The van der Waals surface area contributed by atoms with Gasteiger partial charge in [-0.3, -0.25) is 9.59 Å². The fraction of sp³-hybridized carbons (Fsp3) is 0.0400. The molecule has 3 aromatic carbocycles. The highest BCUT2D eigenvalue weighted by Crippen LogP contribution is 2.24. The molecule has 9 heteroatoms. The van der Waals surface area contributed by atoms with E-state index in [0.29, 0.717) is 33.1 Å². The second-order valence-electron chi connectivity index (χ2n) is 7.29. The number of benzene rings is 3. The Morgan fingerprint density at radius 2 is 1.74 bits per heavy atom. The summed E-state index contributed by atoms with van der Waals surface area (Å²) in [5.41, 5.74) is 5.85. The van der Waals surface area contributed by atoms with E-state index in [1.54, 1.807) is 48.1 Å². The van der Waals surface area contributed by atoms with E-state index in [-0.39, 0.29) is 5.82 Å². The number of nitrogens with zero attached hydrogens (tertiary/aromatic N) is 3. The lowest BCUT2D eigenvalue weighted by atomic mass is 10.1. The molecular weight excluding hydrogens is 457 g/mol. The van der Waals surface area contributed by atoms with Crippen molar-refractivity contribution in [3.63, 3.8) is 0 Å². The van der Waals surface area contributed by atoms with Gasteiger partial charge in [0, 0.05) is 28.0 Å². The molecule has 0 saturated heterocycles. The summed E-state index contributed by atoms with van der Waals surface area (Å²) in [5.74, 6) is -2.20. The smallest absolute Gasteiger partial charge is 0.317 e. The van der Waals surface area contributed by atoms with Gasteiger partial charge in [-0.2, -0.15) is 10.2 Å². The Kier molecular flexibility index (Phi) is 6.79. The summed E-state index contributed by atoms with van der Waals surface area (Å²) in [5, 5.41) is 11.5. The zero-order chi connectivity index (χ0) is 24.1. The largest absolute Gasteiger partial charge is 0.329 e. The van der Waals surface area contributed by atoms with Crippen LogP contribution in [0.3, 0.4) is 0 Å². The van der Waals surface area contributed by atoms with Crippen molar-refractivity contribution in [2.45, 2.75) is 6.92 Å². The van der Waals surface area contributed by atoms with E-state index in [1.165, 1.54) is 18.3 Å². The molecule has 0 unspecified atom stereocenters. The maximum atomic E-state index is 13.4. The lowest BCUT2D eigenvalue weighted by Crippen LogP contribution is -2.32. The summed E-state index contributed by atoms with van der Waals surface area (Å²) in [6.07, 6.45) is 3.10. The predicted molar refractivity (Wildman–Crippen MR) is 130 cm³/mol. The summed E-state index contributed by atoms with van der Waals surface area (Å²) in [6.45, 7) is 1.73. The van der Waals surface area contributed by atoms with E-state index >= 15 is 0 Å². The van der Waals surface area contributed by atoms with Crippen LogP contribution in [0.15, 0.2) is 84.1 Å². The minimum Gasteiger partial charge on any atom is -0.317 e. The summed E-state index contributed by atoms with van der Waals surface area (Å²) in [6, 6.07) is 20.3. The van der Waals surface area contributed by atoms with Crippen LogP contribution in [0.5, 0.6) is 0 Å². The van der Waals surface area contributed by atoms with Crippen molar-refractivity contribution in [2.75, 3.05) is 5.32 Å². The zero-order valence-electron chi connectivity index (χ0n) is 18.0. The second-order valence-corrected chi connectivity index (χ2v) is 7.69. The highest BCUT2D eigenvalue weighted by Gasteiger charge is 2.15. The number of hydrogen-bond acceptors (Lipinski definition) is 4. The normalized spacial score (nSPS) is 10.9. The first-order valence-corrected chi connectivity index (χ1v) is 10.6. The van der Waals surface area contributed by atoms with Crippen molar-refractivity contribution in [2.24, 2.45) is 5.10 Å². The molecule has 1 aromatic heterocycles. The van der Waals surface area contributed by atoms with Crippen LogP contribution >= 0.6 is 11.6 Å². The number of anilines is 1. The van der Waals surface area contributed by atoms with Gasteiger partial charge in [0.15, 0.2) is 0 Å². The number of carbonyl (C=O) groups excluding carboxylic acids is 2. The number of carbonyl (C=O) groups is 2. The van der Waals surface area contributed by atoms with Crippen LogP contribution in [-0.2, 0) is 9.59 Å². The number of aromatic nitrogens is 2. The Balaban J connectivity index is 1.54. The maximum absolute atomic E-state index is 13.4. The van der Waals surface area contributed by atoms with Gasteiger partial charge in [0.05, 0.1) is 11.9 Å². The average Bonchev–Trinajstić information content (AvgIpc) is 3.27. The van der Waals surface area contributed by atoms with Crippen molar-refractivity contribution >= 4 is 35.3 Å². The second kappa shape index (κ2) is 10.1. The van der Waals surface area contributed by atoms with E-state index in [1.807, 2.05) is 30.3 Å². The third kappa shape index (κ3) is 5.19. The van der Waals surface area contributed by atoms with E-state index in [0.717, 1.165) is 5.69 Å². The molecular formula is C25H19ClFN5O2. The van der Waals surface area contributed by atoms with Crippen LogP contribution < -0.4 is 10.7 Å². The SMILES string of the molecule is Cc1c(Cl)cccc1NC(=O)C(=O)N/N=C/c1cn(-c2ccccc2)nc1-c1ccc(F)cc1. The molecule has 1 heterocycles. The van der Waals surface area contributed by atoms with Gasteiger partial charge in [0.2, 0.25) is 0 Å². The Labute approximate surface area is 199 Å². The quantitative estimate of drug-likeness (QED) is 0.248. The van der Waals surface area contributed by atoms with Gasteiger partial charge in [0.1, 0.15) is 11.5 Å². The molecule has 0 spiro atoms. The Bertz CT molecular complexity index is 1370. The van der Waals surface area contributed by atoms with Crippen molar-refractivity contribution < 1.29 is 14.0 Å². The van der Waals surface area contributed by atoms with Crippen molar-refractivity contribution in [1.29, 1.82) is 0 Å². The average molecular weight is 476 g/mol. The molecule has 4 rings (SSSR count). The van der Waals surface area contributed by atoms with Gasteiger partial charge >= 0.3 is 11.8 Å². The number of nitrogens with one attached hydrogen (secondary N) is 2. The Hall–Kier alpha value is -4.30. The van der Waals surface area contributed by atoms with Crippen LogP contribution in [-0.4, -0.2) is 27.8 Å². The number of para-hydroxylation sites is 1. The maximum Gasteiger partial charge on any atom is 0.329 e. The zero-order valence-corrected chi connectivity index (χ0v) is 18.8. The van der Waals surface area contributed by atoms with Crippen LogP contribution in [0.4, 0.5) is 10.1 Å². The lowest BCUT2D eigenvalue weighted by molar-refractivity contribution is -0.136. The standard InChI is InChI=1S/C25H19ClFN5O2/c1-16-21(26)8-5-9-22(16)29-24(33)25(34)30-28-14-18-15-32(20-6-3-2-4-7-20)31-23(18)17-10-12-19(27)13-11-17/h2-15H,1H3,(H,29,33)(H,30,34)/b28-14+. The summed E-state index contributed by atoms with van der Waals surface area (Å²) in [4.78, 5) is 24.5. The molecule has 34 heavy (non-hydrogen) atoms. The van der Waals surface area contributed by atoms with E-state index in [2.05, 4.69) is 20.9 Å². The molecule has 7 nitrogen and oxygen atoms in total. The van der Waals surface area contributed by atoms with Gasteiger partial charge in [-0.05, 0) is 61.0 Å². The van der Waals surface area contributed by atoms with Gasteiger partial charge in [0.25, 0.3) is 0 Å². The third-order valence-electron chi connectivity index (χ3n) is 4.97. The lowest BCUT2D eigenvalue weighted by Gasteiger charge is -2.08. The molecule has 2 amide bonds. The highest BCUT2D eigenvalue weighted by molar-refractivity contribution is 6.40. The van der Waals surface area contributed by atoms with Gasteiger partial charge < -0.3 is 5.32 Å². The molecule has 0 aliphatic heterocycles. The number of amides is 2. The Morgan fingerprint density at radius 1 is 1.00 bits per heavy atom. The van der Waals surface area contributed by atoms with Crippen LogP contribution in [0.2, 0.25) is 5.02 Å². The van der Waals surface area contributed by atoms with Crippen LogP contribution in [0.1, 0.15) is 11.1 Å². The first-order chi connectivity index (χ1) is 16.4. The number of halogens is 2. The molecule has 0 aliphatic rings. The van der Waals surface area contributed by atoms with Crippen molar-refractivity contribution in [3.05, 3.63) is 101 Å². The first kappa shape index (κ1) is 22.9. The minimum absolute atomic E-state index is 0.366. The minimum atomic E-state index is -0.950. The van der Waals surface area contributed by atoms with Gasteiger partial charge in [-0.25, -0.2) is 14.5 Å². The van der Waals surface area contributed by atoms with Gasteiger partial charge in [-0.15, -0.1) is 0 Å². The molecule has 0 saturated carbocycles. The van der Waals surface area contributed by atoms with Crippen LogP contribution in [0.25, 0.3) is 16.9 Å². The number of rotatable bonds is 5. The van der Waals surface area contributed by atoms with Crippen LogP contribution in [0, 0.1) is 12.7 Å². The molecule has 0 bridgehead atoms. The summed E-state index contributed by atoms with van der Waals surface area (Å²) >= 11 is 6.04. The molecule has 0 atom stereocenters. The topological polar surface area (TPSA) is 88.4 Å².